The lowest BCUT2D eigenvalue weighted by molar-refractivity contribution is 0.107. The first-order valence-electron chi connectivity index (χ1n) is 26.0. The Morgan fingerprint density at radius 2 is 0.296 bits per heavy atom. The third-order valence-electron chi connectivity index (χ3n) is 13.7. The molecule has 0 amide bonds. The summed E-state index contributed by atoms with van der Waals surface area (Å²) < 4.78 is 0. The van der Waals surface area contributed by atoms with E-state index in [-0.39, 0.29) is 18.6 Å². The van der Waals surface area contributed by atoms with E-state index in [2.05, 4.69) is 0 Å². The molecule has 324 valence electrons. The molecule has 2 N–H and O–H groups in total. The first-order chi connectivity index (χ1) is 26.8. The van der Waals surface area contributed by atoms with Crippen LogP contribution < -0.4 is 0 Å². The first-order valence-corrected chi connectivity index (χ1v) is 26.0. The Morgan fingerprint density at radius 3 is 0.407 bits per heavy atom. The summed E-state index contributed by atoms with van der Waals surface area (Å²) in [6.07, 6.45) is 70.3. The summed E-state index contributed by atoms with van der Waals surface area (Å²) >= 11 is 0. The Morgan fingerprint density at radius 1 is 0.185 bits per heavy atom. The Balaban J connectivity index is 0.000000366. The van der Waals surface area contributed by atoms with E-state index in [1.165, 1.54) is 302 Å². The minimum atomic E-state index is 0.225. The summed E-state index contributed by atoms with van der Waals surface area (Å²) in [6, 6.07) is 0. The van der Waals surface area contributed by atoms with Crippen molar-refractivity contribution in [2.24, 2.45) is 5.41 Å². The molecule has 4 aliphatic rings. The maximum Gasteiger partial charge on any atom is 0.0436 e. The van der Waals surface area contributed by atoms with Crippen molar-refractivity contribution >= 4 is 0 Å². The van der Waals surface area contributed by atoms with E-state index in [1.54, 1.807) is 0 Å². The molecular formula is C52H104O2. The second-order valence-corrected chi connectivity index (χ2v) is 18.9. The fourth-order valence-corrected chi connectivity index (χ4v) is 9.83. The number of rotatable bonds is 4. The zero-order valence-corrected chi connectivity index (χ0v) is 37.5. The van der Waals surface area contributed by atoms with Crippen LogP contribution in [-0.4, -0.2) is 23.4 Å². The van der Waals surface area contributed by atoms with Crippen LogP contribution in [0.5, 0.6) is 0 Å². The van der Waals surface area contributed by atoms with Crippen LogP contribution in [0.25, 0.3) is 0 Å². The average Bonchev–Trinajstić information content (AvgIpc) is 3.15. The highest BCUT2D eigenvalue weighted by Gasteiger charge is 2.28. The maximum atomic E-state index is 9.32. The molecule has 0 bridgehead atoms. The summed E-state index contributed by atoms with van der Waals surface area (Å²) in [7, 11) is 0. The van der Waals surface area contributed by atoms with Crippen molar-refractivity contribution < 1.29 is 10.2 Å². The van der Waals surface area contributed by atoms with Gasteiger partial charge in [0.25, 0.3) is 0 Å². The van der Waals surface area contributed by atoms with E-state index in [0.29, 0.717) is 0 Å². The van der Waals surface area contributed by atoms with E-state index in [0.717, 1.165) is 12.8 Å². The van der Waals surface area contributed by atoms with Gasteiger partial charge in [0.15, 0.2) is 0 Å². The van der Waals surface area contributed by atoms with Gasteiger partial charge in [-0.15, -0.1) is 0 Å². The topological polar surface area (TPSA) is 40.5 Å². The third-order valence-corrected chi connectivity index (χ3v) is 13.7. The van der Waals surface area contributed by atoms with Crippen LogP contribution >= 0.6 is 0 Å². The predicted octanol–water partition coefficient (Wildman–Crippen LogP) is 18.1. The van der Waals surface area contributed by atoms with Crippen LogP contribution in [0.2, 0.25) is 0 Å². The van der Waals surface area contributed by atoms with Crippen molar-refractivity contribution in [1.29, 1.82) is 0 Å². The molecule has 2 heteroatoms. The van der Waals surface area contributed by atoms with Gasteiger partial charge in [-0.1, -0.05) is 289 Å². The fraction of sp³-hybridized carbons (Fsp3) is 1.00. The van der Waals surface area contributed by atoms with Crippen LogP contribution in [0.3, 0.4) is 0 Å². The van der Waals surface area contributed by atoms with Gasteiger partial charge in [0.2, 0.25) is 0 Å². The third kappa shape index (κ3) is 37.5. The Hall–Kier alpha value is -0.0800. The molecule has 0 unspecified atom stereocenters. The summed E-state index contributed by atoms with van der Waals surface area (Å²) in [5, 5.41) is 18.6. The highest BCUT2D eigenvalue weighted by atomic mass is 16.3. The van der Waals surface area contributed by atoms with Gasteiger partial charge in [-0.2, -0.15) is 0 Å². The molecule has 0 aromatic carbocycles. The summed E-state index contributed by atoms with van der Waals surface area (Å²) in [4.78, 5) is 0. The van der Waals surface area contributed by atoms with Crippen LogP contribution in [0, 0.1) is 5.41 Å². The summed E-state index contributed by atoms with van der Waals surface area (Å²) in [5.41, 5.74) is 0.225. The van der Waals surface area contributed by atoms with Gasteiger partial charge in [-0.3, -0.25) is 0 Å². The van der Waals surface area contributed by atoms with Gasteiger partial charge in [0, 0.05) is 13.2 Å². The van der Waals surface area contributed by atoms with E-state index < -0.39 is 0 Å². The SMILES string of the molecule is C1CCCCCCCCCCC1.C1CCCCCCCCCCC1.C1CCCCCCCCCCC1.OCCC1(CCO)CCCCCCCCCCC1. The van der Waals surface area contributed by atoms with Gasteiger partial charge in [0.1, 0.15) is 0 Å². The van der Waals surface area contributed by atoms with Crippen molar-refractivity contribution in [3.63, 3.8) is 0 Å². The molecule has 4 saturated carbocycles. The molecule has 0 aromatic heterocycles. The van der Waals surface area contributed by atoms with Crippen LogP contribution in [0.1, 0.15) is 315 Å². The summed E-state index contributed by atoms with van der Waals surface area (Å²) in [6.45, 7) is 0.556. The molecule has 0 aliphatic heterocycles. The van der Waals surface area contributed by atoms with Crippen LogP contribution in [-0.2, 0) is 0 Å². The molecule has 0 radical (unpaired) electrons. The first kappa shape index (κ1) is 51.9. The number of hydrogen-bond acceptors (Lipinski definition) is 2. The van der Waals surface area contributed by atoms with Gasteiger partial charge in [0.05, 0.1) is 0 Å². The smallest absolute Gasteiger partial charge is 0.0436 e. The largest absolute Gasteiger partial charge is 0.396 e. The van der Waals surface area contributed by atoms with Crippen molar-refractivity contribution in [2.75, 3.05) is 13.2 Å². The van der Waals surface area contributed by atoms with Crippen molar-refractivity contribution in [1.82, 2.24) is 0 Å². The second kappa shape index (κ2) is 44.0. The van der Waals surface area contributed by atoms with Gasteiger partial charge in [-0.05, 0) is 31.1 Å². The van der Waals surface area contributed by atoms with E-state index >= 15 is 0 Å². The summed E-state index contributed by atoms with van der Waals surface area (Å²) in [5.74, 6) is 0. The molecular weight excluding hydrogens is 657 g/mol. The van der Waals surface area contributed by atoms with E-state index in [1.807, 2.05) is 0 Å². The zero-order chi connectivity index (χ0) is 38.6. The molecule has 0 aromatic rings. The predicted molar refractivity (Wildman–Crippen MR) is 243 cm³/mol. The molecule has 4 fully saturated rings. The highest BCUT2D eigenvalue weighted by molar-refractivity contribution is 4.79. The van der Waals surface area contributed by atoms with Crippen molar-refractivity contribution in [3.8, 4) is 0 Å². The fourth-order valence-electron chi connectivity index (χ4n) is 9.83. The number of aliphatic hydroxyl groups excluding tert-OH is 2. The Labute approximate surface area is 342 Å². The second-order valence-electron chi connectivity index (χ2n) is 18.9. The number of aliphatic hydroxyl groups is 2. The van der Waals surface area contributed by atoms with Crippen LogP contribution in [0.15, 0.2) is 0 Å². The Kier molecular flexibility index (Phi) is 42.4. The molecule has 0 saturated heterocycles. The van der Waals surface area contributed by atoms with Gasteiger partial charge in [-0.25, -0.2) is 0 Å². The molecule has 54 heavy (non-hydrogen) atoms. The maximum absolute atomic E-state index is 9.32. The molecule has 2 nitrogen and oxygen atoms in total. The van der Waals surface area contributed by atoms with Crippen molar-refractivity contribution in [2.45, 2.75) is 315 Å². The van der Waals surface area contributed by atoms with E-state index in [9.17, 15) is 10.2 Å². The molecule has 0 heterocycles. The quantitative estimate of drug-likeness (QED) is 0.300. The van der Waals surface area contributed by atoms with Crippen LogP contribution in [0.4, 0.5) is 0 Å². The lowest BCUT2D eigenvalue weighted by Gasteiger charge is -2.33. The van der Waals surface area contributed by atoms with Crippen molar-refractivity contribution in [3.05, 3.63) is 0 Å². The molecule has 4 rings (SSSR count). The van der Waals surface area contributed by atoms with Gasteiger partial charge < -0.3 is 10.2 Å². The average molecular weight is 761 g/mol. The lowest BCUT2D eigenvalue weighted by Crippen LogP contribution is -2.24. The van der Waals surface area contributed by atoms with E-state index in [4.69, 9.17) is 0 Å². The molecule has 4 aliphatic carbocycles. The molecule has 0 spiro atoms. The lowest BCUT2D eigenvalue weighted by atomic mass is 9.73. The minimum Gasteiger partial charge on any atom is -0.396 e. The zero-order valence-electron chi connectivity index (χ0n) is 37.5. The Bertz CT molecular complexity index is 469. The minimum absolute atomic E-state index is 0.225. The standard InChI is InChI=1S/C16H32O2.3C12H24/c17-14-12-16(13-15-18)10-8-6-4-2-1-3-5-7-9-11-16;3*1-2-4-6-8-10-12-11-9-7-5-3-1/h17-18H,1-15H2;3*1-12H2. The normalized spacial score (nSPS) is 23.7. The highest BCUT2D eigenvalue weighted by Crippen LogP contribution is 2.39. The number of hydrogen-bond donors (Lipinski definition) is 2. The van der Waals surface area contributed by atoms with Gasteiger partial charge >= 0.3 is 0 Å². The molecule has 0 atom stereocenters. The monoisotopic (exact) mass is 761 g/mol.